The van der Waals surface area contributed by atoms with Crippen LogP contribution in [0.15, 0.2) is 30.3 Å². The van der Waals surface area contributed by atoms with Crippen molar-refractivity contribution in [3.8, 4) is 0 Å². The van der Waals surface area contributed by atoms with Crippen LogP contribution in [-0.2, 0) is 15.3 Å². The van der Waals surface area contributed by atoms with E-state index in [9.17, 15) is 9.59 Å². The molecule has 0 aliphatic carbocycles. The Bertz CT molecular complexity index is 516. The molecule has 132 valence electrons. The smallest absolute Gasteiger partial charge is 0.275 e. The average molecular weight is 351 g/mol. The Morgan fingerprint density at radius 2 is 1.92 bits per heavy atom. The van der Waals surface area contributed by atoms with E-state index in [4.69, 9.17) is 0 Å². The van der Waals surface area contributed by atoms with Crippen LogP contribution >= 0.6 is 11.8 Å². The van der Waals surface area contributed by atoms with Crippen LogP contribution in [0.1, 0.15) is 18.9 Å². The minimum absolute atomic E-state index is 0.116. The summed E-state index contributed by atoms with van der Waals surface area (Å²) in [5.74, 6) is 1.73. The van der Waals surface area contributed by atoms with E-state index in [1.54, 1.807) is 11.8 Å². The summed E-state index contributed by atoms with van der Waals surface area (Å²) in [7, 11) is 0. The molecule has 0 aromatic heterocycles. The highest BCUT2D eigenvalue weighted by Gasteiger charge is 2.24. The predicted molar refractivity (Wildman–Crippen MR) is 98.0 cm³/mol. The maximum absolute atomic E-state index is 12.3. The molecule has 1 aliphatic heterocycles. The summed E-state index contributed by atoms with van der Waals surface area (Å²) in [4.78, 5) is 27.2. The number of carbonyl (C=O) groups excluding carboxylic acids is 2. The lowest BCUT2D eigenvalue weighted by atomic mass is 10.2. The molecule has 1 aliphatic rings. The van der Waals surface area contributed by atoms with E-state index in [-0.39, 0.29) is 11.8 Å². The van der Waals surface area contributed by atoms with Gasteiger partial charge in [0.2, 0.25) is 5.91 Å². The molecule has 0 saturated carbocycles. The monoisotopic (exact) mass is 350 g/mol. The first kappa shape index (κ1) is 18.8. The van der Waals surface area contributed by atoms with Crippen molar-refractivity contribution in [2.75, 3.05) is 45.0 Å². The third-order valence-corrected chi connectivity index (χ3v) is 5.13. The van der Waals surface area contributed by atoms with E-state index in [0.29, 0.717) is 12.3 Å². The molecular weight excluding hydrogens is 322 g/mol. The van der Waals surface area contributed by atoms with Crippen LogP contribution in [0.25, 0.3) is 0 Å². The number of hydrogen-bond acceptors (Lipinski definition) is 3. The van der Waals surface area contributed by atoms with E-state index < -0.39 is 0 Å². The summed E-state index contributed by atoms with van der Waals surface area (Å²) in [5.41, 5.74) is 1.25. The maximum Gasteiger partial charge on any atom is 0.275 e. The summed E-state index contributed by atoms with van der Waals surface area (Å²) < 4.78 is 0. The molecule has 0 atom stereocenters. The maximum atomic E-state index is 12.3. The Morgan fingerprint density at radius 1 is 1.21 bits per heavy atom. The van der Waals surface area contributed by atoms with E-state index in [0.717, 1.165) is 44.9 Å². The second-order valence-electron chi connectivity index (χ2n) is 6.14. The third kappa shape index (κ3) is 6.53. The lowest BCUT2D eigenvalue weighted by molar-refractivity contribution is -0.896. The number of piperazine rings is 1. The first-order valence-electron chi connectivity index (χ1n) is 8.68. The second kappa shape index (κ2) is 10.4. The van der Waals surface area contributed by atoms with Gasteiger partial charge in [-0.15, -0.1) is 11.8 Å². The van der Waals surface area contributed by atoms with Gasteiger partial charge < -0.3 is 15.1 Å². The first-order valence-corrected chi connectivity index (χ1v) is 9.84. The molecule has 0 bridgehead atoms. The van der Waals surface area contributed by atoms with Gasteiger partial charge in [0.1, 0.15) is 0 Å². The van der Waals surface area contributed by atoms with Crippen molar-refractivity contribution in [3.63, 3.8) is 0 Å². The van der Waals surface area contributed by atoms with E-state index in [1.165, 1.54) is 10.5 Å². The van der Waals surface area contributed by atoms with Gasteiger partial charge in [0.25, 0.3) is 5.91 Å². The van der Waals surface area contributed by atoms with Crippen molar-refractivity contribution in [2.24, 2.45) is 0 Å². The van der Waals surface area contributed by atoms with Crippen LogP contribution in [0.4, 0.5) is 0 Å². The molecule has 2 N–H and O–H groups in total. The van der Waals surface area contributed by atoms with Gasteiger partial charge in [0, 0.05) is 12.3 Å². The van der Waals surface area contributed by atoms with E-state index in [2.05, 4.69) is 17.4 Å². The Hall–Kier alpha value is -1.53. The molecule has 5 nitrogen and oxygen atoms in total. The number of thioether (sulfide) groups is 1. The molecule has 24 heavy (non-hydrogen) atoms. The van der Waals surface area contributed by atoms with E-state index in [1.807, 2.05) is 30.0 Å². The van der Waals surface area contributed by atoms with Gasteiger partial charge in [0.15, 0.2) is 6.54 Å². The highest BCUT2D eigenvalue weighted by atomic mass is 32.2. The fourth-order valence-electron chi connectivity index (χ4n) is 2.72. The summed E-state index contributed by atoms with van der Waals surface area (Å²) in [6, 6.07) is 10.2. The zero-order valence-electron chi connectivity index (χ0n) is 14.4. The average Bonchev–Trinajstić information content (AvgIpc) is 2.61. The molecular formula is C18H28N3O2S+. The van der Waals surface area contributed by atoms with Crippen LogP contribution in [0.3, 0.4) is 0 Å². The molecule has 1 saturated heterocycles. The summed E-state index contributed by atoms with van der Waals surface area (Å²) in [6.07, 6.45) is 0.962. The predicted octanol–water partition coefficient (Wildman–Crippen LogP) is 0.173. The molecule has 0 radical (unpaired) electrons. The molecule has 6 heteroatoms. The van der Waals surface area contributed by atoms with Gasteiger partial charge in [0.05, 0.1) is 31.9 Å². The molecule has 0 spiro atoms. The van der Waals surface area contributed by atoms with Gasteiger partial charge in [-0.25, -0.2) is 0 Å². The van der Waals surface area contributed by atoms with Gasteiger partial charge in [-0.1, -0.05) is 37.3 Å². The number of carbonyl (C=O) groups is 2. The fraction of sp³-hybridized carbons (Fsp3) is 0.556. The molecule has 2 rings (SSSR count). The molecule has 2 amide bonds. The number of rotatable bonds is 8. The number of benzene rings is 1. The summed E-state index contributed by atoms with van der Waals surface area (Å²) in [6.45, 7) is 6.53. The van der Waals surface area contributed by atoms with Crippen LogP contribution in [-0.4, -0.2) is 61.7 Å². The Labute approximate surface area is 148 Å². The lowest BCUT2D eigenvalue weighted by Gasteiger charge is -2.31. The minimum atomic E-state index is 0.116. The summed E-state index contributed by atoms with van der Waals surface area (Å²) in [5, 5.41) is 2.91. The zero-order valence-corrected chi connectivity index (χ0v) is 15.2. The van der Waals surface area contributed by atoms with Crippen molar-refractivity contribution in [2.45, 2.75) is 19.1 Å². The van der Waals surface area contributed by atoms with Gasteiger partial charge >= 0.3 is 0 Å². The van der Waals surface area contributed by atoms with Crippen LogP contribution in [0.5, 0.6) is 0 Å². The molecule has 1 heterocycles. The number of hydrogen-bond donors (Lipinski definition) is 2. The van der Waals surface area contributed by atoms with Crippen molar-refractivity contribution in [3.05, 3.63) is 35.9 Å². The van der Waals surface area contributed by atoms with Crippen molar-refractivity contribution in [1.29, 1.82) is 0 Å². The molecule has 0 unspecified atom stereocenters. The van der Waals surface area contributed by atoms with Crippen molar-refractivity contribution in [1.82, 2.24) is 10.2 Å². The second-order valence-corrected chi connectivity index (χ2v) is 7.12. The van der Waals surface area contributed by atoms with Gasteiger partial charge in [-0.2, -0.15) is 0 Å². The molecule has 1 fully saturated rings. The SMILES string of the molecule is CCCNC(=O)C[NH+]1CCN(C(=O)CSCc2ccccc2)CC1. The first-order chi connectivity index (χ1) is 11.7. The minimum Gasteiger partial charge on any atom is -0.351 e. The fourth-order valence-corrected chi connectivity index (χ4v) is 3.61. The number of nitrogens with zero attached hydrogens (tertiary/aromatic N) is 1. The third-order valence-electron chi connectivity index (χ3n) is 4.14. The normalized spacial score (nSPS) is 15.3. The quantitative estimate of drug-likeness (QED) is 0.703. The zero-order chi connectivity index (χ0) is 17.2. The molecule has 1 aromatic carbocycles. The topological polar surface area (TPSA) is 53.9 Å². The van der Waals surface area contributed by atoms with Crippen LogP contribution in [0, 0.1) is 0 Å². The van der Waals surface area contributed by atoms with Crippen LogP contribution < -0.4 is 10.2 Å². The standard InChI is InChI=1S/C18H27N3O2S/c1-2-8-19-17(22)13-20-9-11-21(12-10-20)18(23)15-24-14-16-6-4-3-5-7-16/h3-7H,2,8-15H2,1H3,(H,19,22)/p+1. The van der Waals surface area contributed by atoms with E-state index >= 15 is 0 Å². The summed E-state index contributed by atoms with van der Waals surface area (Å²) >= 11 is 1.67. The highest BCUT2D eigenvalue weighted by molar-refractivity contribution is 7.99. The van der Waals surface area contributed by atoms with Crippen molar-refractivity contribution < 1.29 is 14.5 Å². The van der Waals surface area contributed by atoms with Crippen LogP contribution in [0.2, 0.25) is 0 Å². The van der Waals surface area contributed by atoms with Crippen molar-refractivity contribution >= 4 is 23.6 Å². The number of nitrogens with one attached hydrogen (secondary N) is 2. The number of amides is 2. The Balaban J connectivity index is 1.62. The molecule has 1 aromatic rings. The van der Waals surface area contributed by atoms with Gasteiger partial charge in [-0.3, -0.25) is 9.59 Å². The Kier molecular flexibility index (Phi) is 8.12. The Morgan fingerprint density at radius 3 is 2.58 bits per heavy atom. The number of quaternary nitrogens is 1. The highest BCUT2D eigenvalue weighted by Crippen LogP contribution is 2.12. The lowest BCUT2D eigenvalue weighted by Crippen LogP contribution is -3.15. The largest absolute Gasteiger partial charge is 0.351 e. The van der Waals surface area contributed by atoms with Gasteiger partial charge in [-0.05, 0) is 12.0 Å².